The summed E-state index contributed by atoms with van der Waals surface area (Å²) in [4.78, 5) is 11.7. The van der Waals surface area contributed by atoms with Crippen LogP contribution in [0.5, 0.6) is 0 Å². The van der Waals surface area contributed by atoms with Gasteiger partial charge in [-0.25, -0.2) is 0 Å². The lowest BCUT2D eigenvalue weighted by molar-refractivity contribution is -0.121. The second-order valence-corrected chi connectivity index (χ2v) is 6.18. The van der Waals surface area contributed by atoms with E-state index in [2.05, 4.69) is 0 Å². The maximum atomic E-state index is 12.1. The van der Waals surface area contributed by atoms with E-state index in [0.29, 0.717) is 6.61 Å². The summed E-state index contributed by atoms with van der Waals surface area (Å²) in [5.74, 6) is -0.286. The average Bonchev–Trinajstić information content (AvgIpc) is 2.40. The van der Waals surface area contributed by atoms with Gasteiger partial charge in [-0.3, -0.25) is 9.36 Å². The summed E-state index contributed by atoms with van der Waals surface area (Å²) in [6, 6.07) is 9.54. The lowest BCUT2D eigenvalue weighted by Gasteiger charge is -2.16. The summed E-state index contributed by atoms with van der Waals surface area (Å²) in [5.41, 5.74) is 0.984. The van der Waals surface area contributed by atoms with E-state index in [0.717, 1.165) is 5.56 Å². The molecule has 1 rings (SSSR count). The van der Waals surface area contributed by atoms with Gasteiger partial charge in [0.1, 0.15) is 12.8 Å². The molecule has 112 valence electrons. The summed E-state index contributed by atoms with van der Waals surface area (Å²) in [6.45, 7) is 4.16. The van der Waals surface area contributed by atoms with Crippen LogP contribution in [0, 0.1) is 0 Å². The van der Waals surface area contributed by atoms with Gasteiger partial charge in [0.15, 0.2) is 5.78 Å². The maximum absolute atomic E-state index is 12.1. The predicted molar refractivity (Wildman–Crippen MR) is 76.8 cm³/mol. The molecule has 0 bridgehead atoms. The van der Waals surface area contributed by atoms with Crippen molar-refractivity contribution in [3.8, 4) is 0 Å². The van der Waals surface area contributed by atoms with Crippen LogP contribution in [0.15, 0.2) is 30.3 Å². The first kappa shape index (κ1) is 17.1. The fourth-order valence-corrected chi connectivity index (χ4v) is 3.21. The van der Waals surface area contributed by atoms with Crippen molar-refractivity contribution in [1.29, 1.82) is 0 Å². The minimum absolute atomic E-state index is 0.0982. The van der Waals surface area contributed by atoms with Crippen LogP contribution >= 0.6 is 7.60 Å². The Morgan fingerprint density at radius 3 is 2.25 bits per heavy atom. The number of ether oxygens (including phenoxy) is 1. The summed E-state index contributed by atoms with van der Waals surface area (Å²) in [6.07, 6.45) is -0.247. The molecule has 0 saturated heterocycles. The van der Waals surface area contributed by atoms with Crippen molar-refractivity contribution in [2.24, 2.45) is 0 Å². The third kappa shape index (κ3) is 6.44. The number of carbonyl (C=O) groups excluding carboxylic acids is 1. The quantitative estimate of drug-likeness (QED) is 0.621. The van der Waals surface area contributed by atoms with Crippen molar-refractivity contribution in [3.63, 3.8) is 0 Å². The molecule has 5 nitrogen and oxygen atoms in total. The topological polar surface area (TPSA) is 61.8 Å². The van der Waals surface area contributed by atoms with Gasteiger partial charge in [0.25, 0.3) is 0 Å². The number of hydrogen-bond donors (Lipinski definition) is 0. The SMILES string of the molecule is CCOP(=O)(CC(=O)COCc1ccccc1)OCC. The van der Waals surface area contributed by atoms with Gasteiger partial charge in [0.05, 0.1) is 19.8 Å². The zero-order chi connectivity index (χ0) is 14.8. The van der Waals surface area contributed by atoms with Gasteiger partial charge in [-0.05, 0) is 19.4 Å². The smallest absolute Gasteiger partial charge is 0.338 e. The third-order valence-electron chi connectivity index (χ3n) is 2.40. The van der Waals surface area contributed by atoms with Crippen molar-refractivity contribution in [2.45, 2.75) is 20.5 Å². The van der Waals surface area contributed by atoms with Crippen molar-refractivity contribution in [1.82, 2.24) is 0 Å². The van der Waals surface area contributed by atoms with E-state index in [1.54, 1.807) is 13.8 Å². The van der Waals surface area contributed by atoms with Gasteiger partial charge in [-0.15, -0.1) is 0 Å². The predicted octanol–water partition coefficient (Wildman–Crippen LogP) is 3.04. The molecule has 0 N–H and O–H groups in total. The number of ketones is 1. The fraction of sp³-hybridized carbons (Fsp3) is 0.500. The first-order valence-corrected chi connectivity index (χ1v) is 8.34. The van der Waals surface area contributed by atoms with Crippen molar-refractivity contribution in [3.05, 3.63) is 35.9 Å². The molecule has 6 heteroatoms. The molecule has 0 heterocycles. The van der Waals surface area contributed by atoms with E-state index in [9.17, 15) is 9.36 Å². The van der Waals surface area contributed by atoms with Gasteiger partial charge in [-0.1, -0.05) is 30.3 Å². The van der Waals surface area contributed by atoms with Crippen LogP contribution in [-0.4, -0.2) is 31.8 Å². The molecule has 1 aromatic carbocycles. The molecule has 0 unspecified atom stereocenters. The molecule has 0 radical (unpaired) electrons. The van der Waals surface area contributed by atoms with E-state index >= 15 is 0 Å². The lowest BCUT2D eigenvalue weighted by Crippen LogP contribution is -2.15. The molecule has 0 atom stereocenters. The highest BCUT2D eigenvalue weighted by Gasteiger charge is 2.27. The molecule has 0 aromatic heterocycles. The molecule has 0 amide bonds. The van der Waals surface area contributed by atoms with E-state index in [-0.39, 0.29) is 31.8 Å². The summed E-state index contributed by atoms with van der Waals surface area (Å²) >= 11 is 0. The number of carbonyl (C=O) groups is 1. The molecular formula is C14H21O5P. The Morgan fingerprint density at radius 2 is 1.70 bits per heavy atom. The van der Waals surface area contributed by atoms with Crippen LogP contribution in [0.2, 0.25) is 0 Å². The highest BCUT2D eigenvalue weighted by Crippen LogP contribution is 2.47. The van der Waals surface area contributed by atoms with E-state index in [1.807, 2.05) is 30.3 Å². The third-order valence-corrected chi connectivity index (χ3v) is 4.44. The van der Waals surface area contributed by atoms with Gasteiger partial charge in [-0.2, -0.15) is 0 Å². The zero-order valence-electron chi connectivity index (χ0n) is 11.9. The zero-order valence-corrected chi connectivity index (χ0v) is 12.8. The van der Waals surface area contributed by atoms with Gasteiger partial charge < -0.3 is 13.8 Å². The second-order valence-electron chi connectivity index (χ2n) is 4.12. The second kappa shape index (κ2) is 9.03. The van der Waals surface area contributed by atoms with Gasteiger partial charge in [0.2, 0.25) is 0 Å². The lowest BCUT2D eigenvalue weighted by atomic mass is 10.2. The Balaban J connectivity index is 2.37. The summed E-state index contributed by atoms with van der Waals surface area (Å²) < 4.78 is 27.6. The fourth-order valence-electron chi connectivity index (χ4n) is 1.64. The van der Waals surface area contributed by atoms with Crippen LogP contribution in [0.1, 0.15) is 19.4 Å². The van der Waals surface area contributed by atoms with E-state index in [4.69, 9.17) is 13.8 Å². The molecule has 0 aliphatic rings. The van der Waals surface area contributed by atoms with Crippen LogP contribution in [0.4, 0.5) is 0 Å². The molecular weight excluding hydrogens is 279 g/mol. The molecule has 0 aliphatic carbocycles. The monoisotopic (exact) mass is 300 g/mol. The molecule has 20 heavy (non-hydrogen) atoms. The van der Waals surface area contributed by atoms with Crippen molar-refractivity contribution >= 4 is 13.4 Å². The standard InChI is InChI=1S/C14H21O5P/c1-3-18-20(16,19-4-2)12-14(15)11-17-10-13-8-6-5-7-9-13/h5-9H,3-4,10-12H2,1-2H3. The Kier molecular flexibility index (Phi) is 7.70. The van der Waals surface area contributed by atoms with Crippen LogP contribution < -0.4 is 0 Å². The van der Waals surface area contributed by atoms with E-state index in [1.165, 1.54) is 0 Å². The number of rotatable bonds is 10. The van der Waals surface area contributed by atoms with Gasteiger partial charge >= 0.3 is 7.60 Å². The Hall–Kier alpha value is -1.00. The Labute approximate surface area is 119 Å². The van der Waals surface area contributed by atoms with Crippen molar-refractivity contribution < 1.29 is 23.1 Å². The normalized spacial score (nSPS) is 11.5. The maximum Gasteiger partial charge on any atom is 0.338 e. The van der Waals surface area contributed by atoms with Crippen molar-refractivity contribution in [2.75, 3.05) is 26.0 Å². The minimum Gasteiger partial charge on any atom is -0.369 e. The van der Waals surface area contributed by atoms with Crippen LogP contribution in [0.25, 0.3) is 0 Å². The first-order valence-electron chi connectivity index (χ1n) is 6.61. The Bertz CT molecular complexity index is 436. The average molecular weight is 300 g/mol. The molecule has 0 fully saturated rings. The molecule has 0 aliphatic heterocycles. The molecule has 1 aromatic rings. The van der Waals surface area contributed by atoms with Crippen LogP contribution in [-0.2, 0) is 29.8 Å². The molecule has 0 saturated carbocycles. The van der Waals surface area contributed by atoms with E-state index < -0.39 is 7.60 Å². The number of Topliss-reactive ketones (excluding diaryl/α,β-unsaturated/α-hetero) is 1. The minimum atomic E-state index is -3.32. The first-order chi connectivity index (χ1) is 9.59. The summed E-state index contributed by atoms with van der Waals surface area (Å²) in [7, 11) is -3.32. The highest BCUT2D eigenvalue weighted by molar-refractivity contribution is 7.54. The Morgan fingerprint density at radius 1 is 1.10 bits per heavy atom. The molecule has 0 spiro atoms. The number of benzene rings is 1. The van der Waals surface area contributed by atoms with Gasteiger partial charge in [0, 0.05) is 0 Å². The highest BCUT2D eigenvalue weighted by atomic mass is 31.2. The largest absolute Gasteiger partial charge is 0.369 e. The summed E-state index contributed by atoms with van der Waals surface area (Å²) in [5, 5.41) is 0. The van der Waals surface area contributed by atoms with Crippen LogP contribution in [0.3, 0.4) is 0 Å². The number of hydrogen-bond acceptors (Lipinski definition) is 5.